The molecule has 0 fully saturated rings. The Kier molecular flexibility index (Phi) is 5.91. The number of ether oxygens (including phenoxy) is 1. The van der Waals surface area contributed by atoms with Crippen molar-refractivity contribution in [3.8, 4) is 5.75 Å². The van der Waals surface area contributed by atoms with E-state index >= 15 is 0 Å². The highest BCUT2D eigenvalue weighted by atomic mass is 16.5. The minimum atomic E-state index is -0.320. The number of nitrogens with one attached hydrogen (secondary N) is 1. The van der Waals surface area contributed by atoms with Crippen molar-refractivity contribution in [2.24, 2.45) is 5.10 Å². The SMILES string of the molecule is CC(C)(C)c1ccc(OCc2ccc(C(=O)N/N=C3\CC(=O)c4ccccc43)cc2)cc1. The van der Waals surface area contributed by atoms with Crippen LogP contribution < -0.4 is 10.2 Å². The fraction of sp³-hybridized carbons (Fsp3) is 0.222. The Morgan fingerprint density at radius 2 is 1.59 bits per heavy atom. The summed E-state index contributed by atoms with van der Waals surface area (Å²) in [6.45, 7) is 6.95. The number of Topliss-reactive ketones (excluding diaryl/α,β-unsaturated/α-hetero) is 1. The Labute approximate surface area is 188 Å². The minimum absolute atomic E-state index is 0.0194. The predicted molar refractivity (Wildman–Crippen MR) is 125 cm³/mol. The van der Waals surface area contributed by atoms with Crippen LogP contribution in [0.15, 0.2) is 77.9 Å². The quantitative estimate of drug-likeness (QED) is 0.564. The first kappa shape index (κ1) is 21.5. The number of ketones is 1. The fourth-order valence-corrected chi connectivity index (χ4v) is 3.57. The maximum Gasteiger partial charge on any atom is 0.271 e. The molecule has 1 aliphatic rings. The molecule has 0 atom stereocenters. The highest BCUT2D eigenvalue weighted by Gasteiger charge is 2.25. The molecule has 162 valence electrons. The van der Waals surface area contributed by atoms with Gasteiger partial charge in [0.2, 0.25) is 0 Å². The van der Waals surface area contributed by atoms with Crippen molar-refractivity contribution in [2.45, 2.75) is 39.2 Å². The van der Waals surface area contributed by atoms with Gasteiger partial charge in [-0.3, -0.25) is 9.59 Å². The van der Waals surface area contributed by atoms with Gasteiger partial charge in [-0.25, -0.2) is 5.43 Å². The maximum atomic E-state index is 12.5. The second kappa shape index (κ2) is 8.79. The summed E-state index contributed by atoms with van der Waals surface area (Å²) in [7, 11) is 0. The summed E-state index contributed by atoms with van der Waals surface area (Å²) in [5, 5.41) is 4.19. The van der Waals surface area contributed by atoms with Gasteiger partial charge in [-0.05, 0) is 40.8 Å². The monoisotopic (exact) mass is 426 g/mol. The lowest BCUT2D eigenvalue weighted by Crippen LogP contribution is -2.19. The highest BCUT2D eigenvalue weighted by molar-refractivity contribution is 6.26. The van der Waals surface area contributed by atoms with Crippen LogP contribution >= 0.6 is 0 Å². The molecule has 3 aromatic rings. The first-order valence-electron chi connectivity index (χ1n) is 10.6. The molecule has 3 aromatic carbocycles. The summed E-state index contributed by atoms with van der Waals surface area (Å²) in [5.41, 5.74) is 7.39. The summed E-state index contributed by atoms with van der Waals surface area (Å²) >= 11 is 0. The van der Waals surface area contributed by atoms with Crippen LogP contribution in [0.1, 0.15) is 64.6 Å². The normalized spacial score (nSPS) is 14.3. The van der Waals surface area contributed by atoms with Gasteiger partial charge in [0.1, 0.15) is 12.4 Å². The smallest absolute Gasteiger partial charge is 0.271 e. The van der Waals surface area contributed by atoms with E-state index in [1.807, 2.05) is 42.5 Å². The fourth-order valence-electron chi connectivity index (χ4n) is 3.57. The average molecular weight is 427 g/mol. The summed E-state index contributed by atoms with van der Waals surface area (Å²) in [4.78, 5) is 24.5. The van der Waals surface area contributed by atoms with Gasteiger partial charge in [0, 0.05) is 16.7 Å². The molecule has 0 bridgehead atoms. The molecule has 1 N–H and O–H groups in total. The Hall–Kier alpha value is -3.73. The van der Waals surface area contributed by atoms with Crippen molar-refractivity contribution in [3.63, 3.8) is 0 Å². The standard InChI is InChI=1S/C27H26N2O3/c1-27(2,3)20-12-14-21(15-13-20)32-17-18-8-10-19(11-9-18)26(31)29-28-24-16-25(30)23-7-5-4-6-22(23)24/h4-15H,16-17H2,1-3H3,(H,29,31)/b28-24+. The maximum absolute atomic E-state index is 12.5. The number of hydrogen-bond donors (Lipinski definition) is 1. The molecule has 1 aliphatic carbocycles. The van der Waals surface area contributed by atoms with Crippen molar-refractivity contribution in [2.75, 3.05) is 0 Å². The van der Waals surface area contributed by atoms with E-state index in [1.165, 1.54) is 5.56 Å². The minimum Gasteiger partial charge on any atom is -0.489 e. The summed E-state index contributed by atoms with van der Waals surface area (Å²) < 4.78 is 5.86. The Balaban J connectivity index is 1.34. The topological polar surface area (TPSA) is 67.8 Å². The molecule has 4 rings (SSSR count). The molecule has 0 aromatic heterocycles. The molecule has 0 unspecified atom stereocenters. The van der Waals surface area contributed by atoms with Crippen molar-refractivity contribution < 1.29 is 14.3 Å². The number of benzene rings is 3. The Bertz CT molecular complexity index is 1170. The molecular weight excluding hydrogens is 400 g/mol. The second-order valence-corrected chi connectivity index (χ2v) is 8.90. The summed E-state index contributed by atoms with van der Waals surface area (Å²) in [6.07, 6.45) is 0.201. The first-order valence-corrected chi connectivity index (χ1v) is 10.6. The van der Waals surface area contributed by atoms with Crippen molar-refractivity contribution in [3.05, 3.63) is 101 Å². The second-order valence-electron chi connectivity index (χ2n) is 8.90. The molecule has 0 aliphatic heterocycles. The van der Waals surface area contributed by atoms with Crippen molar-refractivity contribution in [1.82, 2.24) is 5.43 Å². The number of fused-ring (bicyclic) bond motifs is 1. The van der Waals surface area contributed by atoms with E-state index < -0.39 is 0 Å². The lowest BCUT2D eigenvalue weighted by atomic mass is 9.87. The van der Waals surface area contributed by atoms with Gasteiger partial charge >= 0.3 is 0 Å². The van der Waals surface area contributed by atoms with Crippen LogP contribution in [0.5, 0.6) is 5.75 Å². The summed E-state index contributed by atoms with van der Waals surface area (Å²) in [6, 6.07) is 22.6. The molecule has 0 saturated carbocycles. The van der Waals surface area contributed by atoms with Gasteiger partial charge in [-0.15, -0.1) is 0 Å². The zero-order valence-corrected chi connectivity index (χ0v) is 18.5. The van der Waals surface area contributed by atoms with Crippen LogP contribution in [0, 0.1) is 0 Å². The predicted octanol–water partition coefficient (Wildman–Crippen LogP) is 5.28. The number of amides is 1. The van der Waals surface area contributed by atoms with Gasteiger partial charge < -0.3 is 4.74 Å². The largest absolute Gasteiger partial charge is 0.489 e. The van der Waals surface area contributed by atoms with Gasteiger partial charge in [-0.1, -0.05) is 69.3 Å². The lowest BCUT2D eigenvalue weighted by molar-refractivity contribution is 0.0952. The van der Waals surface area contributed by atoms with Crippen molar-refractivity contribution in [1.29, 1.82) is 0 Å². The van der Waals surface area contributed by atoms with Crippen LogP contribution in [-0.2, 0) is 12.0 Å². The third-order valence-corrected chi connectivity index (χ3v) is 5.50. The molecule has 0 radical (unpaired) electrons. The first-order chi connectivity index (χ1) is 15.3. The van der Waals surface area contributed by atoms with Gasteiger partial charge in [0.25, 0.3) is 5.91 Å². The van der Waals surface area contributed by atoms with Gasteiger partial charge in [0.05, 0.1) is 12.1 Å². The number of carbonyl (C=O) groups is 2. The molecule has 0 spiro atoms. The van der Waals surface area contributed by atoms with Gasteiger partial charge in [0.15, 0.2) is 5.78 Å². The molecule has 5 heteroatoms. The number of nitrogens with zero attached hydrogens (tertiary/aromatic N) is 1. The van der Waals surface area contributed by atoms with Crippen LogP contribution in [0.25, 0.3) is 0 Å². The third kappa shape index (κ3) is 4.78. The van der Waals surface area contributed by atoms with E-state index in [1.54, 1.807) is 18.2 Å². The van der Waals surface area contributed by atoms with E-state index in [0.29, 0.717) is 23.4 Å². The zero-order valence-electron chi connectivity index (χ0n) is 18.5. The van der Waals surface area contributed by atoms with E-state index in [0.717, 1.165) is 16.9 Å². The molecule has 0 heterocycles. The molecular formula is C27H26N2O3. The Morgan fingerprint density at radius 3 is 2.25 bits per heavy atom. The number of hydrogen-bond acceptors (Lipinski definition) is 4. The van der Waals surface area contributed by atoms with E-state index in [2.05, 4.69) is 43.4 Å². The van der Waals surface area contributed by atoms with Crippen LogP contribution in [0.2, 0.25) is 0 Å². The van der Waals surface area contributed by atoms with Crippen molar-refractivity contribution >= 4 is 17.4 Å². The average Bonchev–Trinajstić information content (AvgIpc) is 3.12. The van der Waals surface area contributed by atoms with E-state index in [-0.39, 0.29) is 23.5 Å². The number of carbonyl (C=O) groups excluding carboxylic acids is 2. The molecule has 1 amide bonds. The van der Waals surface area contributed by atoms with E-state index in [4.69, 9.17) is 4.74 Å². The summed E-state index contributed by atoms with van der Waals surface area (Å²) in [5.74, 6) is 0.507. The highest BCUT2D eigenvalue weighted by Crippen LogP contribution is 2.25. The third-order valence-electron chi connectivity index (χ3n) is 5.50. The number of hydrazone groups is 1. The van der Waals surface area contributed by atoms with Gasteiger partial charge in [-0.2, -0.15) is 5.10 Å². The lowest BCUT2D eigenvalue weighted by Gasteiger charge is -2.19. The number of rotatable bonds is 5. The van der Waals surface area contributed by atoms with E-state index in [9.17, 15) is 9.59 Å². The molecule has 32 heavy (non-hydrogen) atoms. The zero-order chi connectivity index (χ0) is 22.7. The van der Waals surface area contributed by atoms with Crippen LogP contribution in [-0.4, -0.2) is 17.4 Å². The Morgan fingerprint density at radius 1 is 0.938 bits per heavy atom. The molecule has 5 nitrogen and oxygen atoms in total. The van der Waals surface area contributed by atoms with Crippen LogP contribution in [0.3, 0.4) is 0 Å². The van der Waals surface area contributed by atoms with Crippen LogP contribution in [0.4, 0.5) is 0 Å². The molecule has 0 saturated heterocycles.